The van der Waals surface area contributed by atoms with Crippen molar-refractivity contribution in [3.05, 3.63) is 24.2 Å². The Morgan fingerprint density at radius 3 is 2.96 bits per heavy atom. The van der Waals surface area contributed by atoms with Crippen molar-refractivity contribution in [1.82, 2.24) is 25.2 Å². The maximum absolute atomic E-state index is 13.4. The largest absolute Gasteiger partial charge is 0.483 e. The number of fused-ring (bicyclic) bond motifs is 1. The van der Waals surface area contributed by atoms with Gasteiger partial charge in [-0.15, -0.1) is 0 Å². The van der Waals surface area contributed by atoms with Crippen LogP contribution in [-0.2, 0) is 4.79 Å². The van der Waals surface area contributed by atoms with E-state index in [4.69, 9.17) is 4.74 Å². The average molecular weight is 339 g/mol. The van der Waals surface area contributed by atoms with Gasteiger partial charge in [0.05, 0.1) is 11.6 Å². The first-order valence-electron chi connectivity index (χ1n) is 7.33. The highest BCUT2D eigenvalue weighted by Crippen LogP contribution is 2.26. The van der Waals surface area contributed by atoms with Gasteiger partial charge in [0.25, 0.3) is 5.92 Å². The normalized spacial score (nSPS) is 18.4. The molecule has 1 aliphatic heterocycles. The molecule has 128 valence electrons. The highest BCUT2D eigenvalue weighted by atomic mass is 19.3. The van der Waals surface area contributed by atoms with Gasteiger partial charge in [-0.3, -0.25) is 10.1 Å². The molecule has 1 aliphatic rings. The molecule has 2 N–H and O–H groups in total. The smallest absolute Gasteiger partial charge is 0.321 e. The van der Waals surface area contributed by atoms with E-state index in [0.717, 1.165) is 0 Å². The van der Waals surface area contributed by atoms with E-state index in [1.165, 1.54) is 29.9 Å². The first kappa shape index (κ1) is 16.1. The molecule has 1 unspecified atom stereocenters. The molecule has 3 heterocycles. The molecule has 0 spiro atoms. The minimum absolute atomic E-state index is 0.0580. The highest BCUT2D eigenvalue weighted by molar-refractivity contribution is 6.00. The summed E-state index contributed by atoms with van der Waals surface area (Å²) in [5.41, 5.74) is 0.554. The molecule has 24 heavy (non-hydrogen) atoms. The fourth-order valence-electron chi connectivity index (χ4n) is 2.24. The van der Waals surface area contributed by atoms with Crippen molar-refractivity contribution in [2.45, 2.75) is 25.2 Å². The molecular formula is C14H15F2N5O3. The predicted octanol–water partition coefficient (Wildman–Crippen LogP) is 1.08. The molecule has 0 aliphatic carbocycles. The molecule has 1 atom stereocenters. The number of rotatable bonds is 5. The number of urea groups is 1. The van der Waals surface area contributed by atoms with Crippen molar-refractivity contribution < 1.29 is 23.1 Å². The van der Waals surface area contributed by atoms with Gasteiger partial charge in [-0.25, -0.2) is 23.1 Å². The number of nitrogens with one attached hydrogen (secondary N) is 2. The summed E-state index contributed by atoms with van der Waals surface area (Å²) < 4.78 is 33.5. The van der Waals surface area contributed by atoms with Gasteiger partial charge in [0.15, 0.2) is 18.0 Å². The zero-order chi connectivity index (χ0) is 17.3. The number of carbonyl (C=O) groups is 2. The molecule has 2 aromatic rings. The van der Waals surface area contributed by atoms with Crippen LogP contribution >= 0.6 is 0 Å². The van der Waals surface area contributed by atoms with Crippen molar-refractivity contribution in [3.63, 3.8) is 0 Å². The van der Waals surface area contributed by atoms with Crippen molar-refractivity contribution in [2.24, 2.45) is 0 Å². The topological polar surface area (TPSA) is 97.6 Å². The zero-order valence-electron chi connectivity index (χ0n) is 12.8. The summed E-state index contributed by atoms with van der Waals surface area (Å²) in [6.45, 7) is 0.618. The second-order valence-corrected chi connectivity index (χ2v) is 5.38. The van der Waals surface area contributed by atoms with E-state index < -0.39 is 30.4 Å². The van der Waals surface area contributed by atoms with E-state index in [-0.39, 0.29) is 30.1 Å². The van der Waals surface area contributed by atoms with Gasteiger partial charge >= 0.3 is 6.03 Å². The molecule has 0 radical (unpaired) electrons. The van der Waals surface area contributed by atoms with E-state index in [1.54, 1.807) is 0 Å². The third-order valence-corrected chi connectivity index (χ3v) is 3.68. The van der Waals surface area contributed by atoms with E-state index in [2.05, 4.69) is 20.7 Å². The van der Waals surface area contributed by atoms with Gasteiger partial charge in [0.2, 0.25) is 5.91 Å². The predicted molar refractivity (Wildman–Crippen MR) is 78.0 cm³/mol. The summed E-state index contributed by atoms with van der Waals surface area (Å²) in [7, 11) is 0. The minimum Gasteiger partial charge on any atom is -0.483 e. The number of alkyl halides is 2. The standard InChI is InChI=1S/C14H15F2N5O3/c1-2-14(15,16)7-24-10-5-9(20-21-4-3-17-11(10)21)8-6-18-13(23)19-12(8)22/h3-5,8H,2,6-7H2,1H3,(H2,18,19,22,23). The van der Waals surface area contributed by atoms with Gasteiger partial charge in [-0.1, -0.05) is 6.92 Å². The van der Waals surface area contributed by atoms with Crippen LogP contribution in [-0.4, -0.2) is 45.6 Å². The number of imide groups is 1. The number of carbonyl (C=O) groups excluding carboxylic acids is 2. The molecular weight excluding hydrogens is 324 g/mol. The SMILES string of the molecule is CCC(F)(F)COc1cc(C2CNC(=O)NC2=O)nn2ccnc12. The Hall–Kier alpha value is -2.78. The molecule has 0 bridgehead atoms. The molecule has 2 aromatic heterocycles. The van der Waals surface area contributed by atoms with E-state index in [1.807, 2.05) is 0 Å². The second kappa shape index (κ2) is 6.02. The first-order valence-corrected chi connectivity index (χ1v) is 7.33. The number of nitrogens with zero attached hydrogens (tertiary/aromatic N) is 3. The Balaban J connectivity index is 1.92. The summed E-state index contributed by atoms with van der Waals surface area (Å²) in [4.78, 5) is 27.1. The van der Waals surface area contributed by atoms with E-state index >= 15 is 0 Å². The summed E-state index contributed by atoms with van der Waals surface area (Å²) >= 11 is 0. The van der Waals surface area contributed by atoms with Crippen LogP contribution in [0.1, 0.15) is 25.0 Å². The number of aromatic nitrogens is 3. The molecule has 1 fully saturated rings. The van der Waals surface area contributed by atoms with Crippen molar-refractivity contribution in [3.8, 4) is 5.75 Å². The number of hydrogen-bond donors (Lipinski definition) is 2. The van der Waals surface area contributed by atoms with Crippen LogP contribution in [0.2, 0.25) is 0 Å². The van der Waals surface area contributed by atoms with Gasteiger partial charge < -0.3 is 10.1 Å². The number of imidazole rings is 1. The lowest BCUT2D eigenvalue weighted by Gasteiger charge is -2.22. The van der Waals surface area contributed by atoms with Crippen molar-refractivity contribution >= 4 is 17.6 Å². The quantitative estimate of drug-likeness (QED) is 0.849. The fourth-order valence-corrected chi connectivity index (χ4v) is 2.24. The molecule has 10 heteroatoms. The van der Waals surface area contributed by atoms with E-state index in [0.29, 0.717) is 0 Å². The molecule has 3 amide bonds. The fraction of sp³-hybridized carbons (Fsp3) is 0.429. The van der Waals surface area contributed by atoms with Gasteiger partial charge in [-0.05, 0) is 0 Å². The Morgan fingerprint density at radius 1 is 1.46 bits per heavy atom. The lowest BCUT2D eigenvalue weighted by atomic mass is 10.0. The molecule has 3 rings (SSSR count). The second-order valence-electron chi connectivity index (χ2n) is 5.38. The van der Waals surface area contributed by atoms with Crippen LogP contribution in [0.15, 0.2) is 18.5 Å². The van der Waals surface area contributed by atoms with Crippen LogP contribution in [0.5, 0.6) is 5.75 Å². The van der Waals surface area contributed by atoms with E-state index in [9.17, 15) is 18.4 Å². The molecule has 8 nitrogen and oxygen atoms in total. The first-order chi connectivity index (χ1) is 11.4. The Morgan fingerprint density at radius 2 is 2.25 bits per heavy atom. The maximum atomic E-state index is 13.4. The number of hydrogen-bond acceptors (Lipinski definition) is 5. The minimum atomic E-state index is -2.97. The summed E-state index contributed by atoms with van der Waals surface area (Å²) in [5, 5.41) is 8.87. The van der Waals surface area contributed by atoms with Gasteiger partial charge in [0, 0.05) is 31.4 Å². The van der Waals surface area contributed by atoms with Crippen LogP contribution in [0.25, 0.3) is 5.65 Å². The summed E-state index contributed by atoms with van der Waals surface area (Å²) in [5.74, 6) is -4.13. The Kier molecular flexibility index (Phi) is 4.04. The van der Waals surface area contributed by atoms with Crippen LogP contribution in [0, 0.1) is 0 Å². The van der Waals surface area contributed by atoms with Crippen molar-refractivity contribution in [2.75, 3.05) is 13.2 Å². The summed E-state index contributed by atoms with van der Waals surface area (Å²) in [6.07, 6.45) is 2.61. The molecule has 1 saturated heterocycles. The number of ether oxygens (including phenoxy) is 1. The van der Waals surface area contributed by atoms with Crippen LogP contribution in [0.4, 0.5) is 13.6 Å². The lowest BCUT2D eigenvalue weighted by molar-refractivity contribution is -0.122. The molecule has 0 saturated carbocycles. The maximum Gasteiger partial charge on any atom is 0.321 e. The Bertz CT molecular complexity index is 792. The molecule has 0 aromatic carbocycles. The summed E-state index contributed by atoms with van der Waals surface area (Å²) in [6, 6.07) is 0.814. The van der Waals surface area contributed by atoms with Crippen LogP contribution in [0.3, 0.4) is 0 Å². The Labute approximate surface area is 135 Å². The third-order valence-electron chi connectivity index (χ3n) is 3.68. The zero-order valence-corrected chi connectivity index (χ0v) is 12.8. The lowest BCUT2D eigenvalue weighted by Crippen LogP contribution is -2.51. The average Bonchev–Trinajstić information content (AvgIpc) is 3.01. The van der Waals surface area contributed by atoms with Gasteiger partial charge in [0.1, 0.15) is 0 Å². The van der Waals surface area contributed by atoms with Gasteiger partial charge in [-0.2, -0.15) is 5.10 Å². The highest BCUT2D eigenvalue weighted by Gasteiger charge is 2.31. The van der Waals surface area contributed by atoms with Crippen LogP contribution < -0.4 is 15.4 Å². The monoisotopic (exact) mass is 339 g/mol. The third kappa shape index (κ3) is 3.12. The number of halogens is 2. The number of amides is 3. The van der Waals surface area contributed by atoms with Crippen molar-refractivity contribution in [1.29, 1.82) is 0 Å².